The first-order valence-corrected chi connectivity index (χ1v) is 7.08. The molecule has 0 bridgehead atoms. The zero-order valence-corrected chi connectivity index (χ0v) is 12.3. The van der Waals surface area contributed by atoms with Crippen LogP contribution in [0.5, 0.6) is 0 Å². The van der Waals surface area contributed by atoms with Gasteiger partial charge in [-0.1, -0.05) is 0 Å². The summed E-state index contributed by atoms with van der Waals surface area (Å²) in [5.41, 5.74) is 1.15. The van der Waals surface area contributed by atoms with Gasteiger partial charge in [-0.15, -0.1) is 12.4 Å². The van der Waals surface area contributed by atoms with Crippen LogP contribution in [0.3, 0.4) is 0 Å². The highest BCUT2D eigenvalue weighted by atomic mass is 35.5. The van der Waals surface area contributed by atoms with Crippen molar-refractivity contribution in [1.29, 1.82) is 0 Å². The van der Waals surface area contributed by atoms with E-state index in [0.717, 1.165) is 38.2 Å². The molecule has 3 heterocycles. The summed E-state index contributed by atoms with van der Waals surface area (Å²) in [7, 11) is 0. The molecular formula is C14H21ClN4O. The molecule has 1 amide bonds. The number of carbonyl (C=O) groups is 1. The number of nitrogens with one attached hydrogen (secondary N) is 2. The van der Waals surface area contributed by atoms with Crippen LogP contribution in [0.15, 0.2) is 18.3 Å². The maximum absolute atomic E-state index is 11.9. The second kappa shape index (κ2) is 6.90. The molecule has 1 atom stereocenters. The number of anilines is 2. The number of aromatic nitrogens is 1. The van der Waals surface area contributed by atoms with Gasteiger partial charge in [0, 0.05) is 13.1 Å². The molecule has 0 radical (unpaired) electrons. The van der Waals surface area contributed by atoms with Crippen LogP contribution < -0.4 is 15.5 Å². The van der Waals surface area contributed by atoms with Gasteiger partial charge >= 0.3 is 0 Å². The van der Waals surface area contributed by atoms with Crippen molar-refractivity contribution in [2.24, 2.45) is 0 Å². The SMILES string of the molecule is Cl.O=C(Nc1ccc(N2CCCC2)cn1)C1CCCN1. The van der Waals surface area contributed by atoms with Crippen molar-refractivity contribution in [2.75, 3.05) is 29.9 Å². The van der Waals surface area contributed by atoms with Gasteiger partial charge in [0.1, 0.15) is 5.82 Å². The Hall–Kier alpha value is -1.33. The lowest BCUT2D eigenvalue weighted by Gasteiger charge is -2.17. The second-order valence-electron chi connectivity index (χ2n) is 5.23. The van der Waals surface area contributed by atoms with Gasteiger partial charge < -0.3 is 15.5 Å². The van der Waals surface area contributed by atoms with Gasteiger partial charge in [0.25, 0.3) is 0 Å². The van der Waals surface area contributed by atoms with E-state index in [9.17, 15) is 4.79 Å². The van der Waals surface area contributed by atoms with E-state index >= 15 is 0 Å². The summed E-state index contributed by atoms with van der Waals surface area (Å²) in [5.74, 6) is 0.667. The Kier molecular flexibility index (Phi) is 5.20. The Labute approximate surface area is 125 Å². The van der Waals surface area contributed by atoms with Crippen LogP contribution in [-0.2, 0) is 4.79 Å². The summed E-state index contributed by atoms with van der Waals surface area (Å²) in [6.07, 6.45) is 6.35. The maximum atomic E-state index is 11.9. The molecule has 6 heteroatoms. The van der Waals surface area contributed by atoms with E-state index in [1.54, 1.807) is 0 Å². The second-order valence-corrected chi connectivity index (χ2v) is 5.23. The zero-order chi connectivity index (χ0) is 13.1. The number of rotatable bonds is 3. The van der Waals surface area contributed by atoms with Gasteiger partial charge in [-0.3, -0.25) is 4.79 Å². The number of carbonyl (C=O) groups excluding carboxylic acids is 1. The van der Waals surface area contributed by atoms with Crippen molar-refractivity contribution in [1.82, 2.24) is 10.3 Å². The minimum Gasteiger partial charge on any atom is -0.370 e. The molecule has 20 heavy (non-hydrogen) atoms. The molecule has 1 aromatic heterocycles. The fraction of sp³-hybridized carbons (Fsp3) is 0.571. The monoisotopic (exact) mass is 296 g/mol. The predicted octanol–water partition coefficient (Wildman–Crippen LogP) is 1.79. The molecule has 1 aromatic rings. The number of nitrogens with zero attached hydrogens (tertiary/aromatic N) is 2. The minimum absolute atomic E-state index is 0. The maximum Gasteiger partial charge on any atom is 0.242 e. The molecule has 5 nitrogen and oxygen atoms in total. The average molecular weight is 297 g/mol. The number of amides is 1. The standard InChI is InChI=1S/C14H20N4O.ClH/c19-14(12-4-3-7-15-12)17-13-6-5-11(10-16-13)18-8-1-2-9-18;/h5-6,10,12,15H,1-4,7-9H2,(H,16,17,19);1H. The Morgan fingerprint density at radius 1 is 1.30 bits per heavy atom. The molecule has 0 saturated carbocycles. The third kappa shape index (κ3) is 3.41. The number of hydrogen-bond acceptors (Lipinski definition) is 4. The highest BCUT2D eigenvalue weighted by Gasteiger charge is 2.22. The van der Waals surface area contributed by atoms with Crippen LogP contribution in [0.25, 0.3) is 0 Å². The summed E-state index contributed by atoms with van der Waals surface area (Å²) in [5, 5.41) is 6.06. The number of hydrogen-bond donors (Lipinski definition) is 2. The quantitative estimate of drug-likeness (QED) is 0.893. The zero-order valence-electron chi connectivity index (χ0n) is 11.5. The predicted molar refractivity (Wildman–Crippen MR) is 82.6 cm³/mol. The van der Waals surface area contributed by atoms with E-state index in [-0.39, 0.29) is 24.4 Å². The molecule has 0 aliphatic carbocycles. The molecule has 2 aliphatic rings. The Morgan fingerprint density at radius 2 is 2.10 bits per heavy atom. The van der Waals surface area contributed by atoms with E-state index in [4.69, 9.17) is 0 Å². The minimum atomic E-state index is -0.0555. The van der Waals surface area contributed by atoms with Gasteiger partial charge in [0.2, 0.25) is 5.91 Å². The third-order valence-corrected chi connectivity index (χ3v) is 3.85. The molecule has 110 valence electrons. The summed E-state index contributed by atoms with van der Waals surface area (Å²) in [6, 6.07) is 3.87. The summed E-state index contributed by atoms with van der Waals surface area (Å²) in [6.45, 7) is 3.15. The lowest BCUT2D eigenvalue weighted by Crippen LogP contribution is -2.35. The molecule has 3 rings (SSSR count). The van der Waals surface area contributed by atoms with E-state index < -0.39 is 0 Å². The third-order valence-electron chi connectivity index (χ3n) is 3.85. The highest BCUT2D eigenvalue weighted by Crippen LogP contribution is 2.20. The summed E-state index contributed by atoms with van der Waals surface area (Å²) < 4.78 is 0. The van der Waals surface area contributed by atoms with Crippen LogP contribution in [-0.4, -0.2) is 36.6 Å². The van der Waals surface area contributed by atoms with Crippen LogP contribution in [0.4, 0.5) is 11.5 Å². The molecule has 1 unspecified atom stereocenters. The van der Waals surface area contributed by atoms with Crippen molar-refractivity contribution in [3.8, 4) is 0 Å². The first-order valence-electron chi connectivity index (χ1n) is 7.08. The fourth-order valence-electron chi connectivity index (χ4n) is 2.74. The van der Waals surface area contributed by atoms with Gasteiger partial charge in [-0.2, -0.15) is 0 Å². The number of pyridine rings is 1. The van der Waals surface area contributed by atoms with Crippen molar-refractivity contribution in [3.05, 3.63) is 18.3 Å². The smallest absolute Gasteiger partial charge is 0.242 e. The van der Waals surface area contributed by atoms with Crippen molar-refractivity contribution < 1.29 is 4.79 Å². The van der Waals surface area contributed by atoms with E-state index in [0.29, 0.717) is 5.82 Å². The molecule has 0 aromatic carbocycles. The molecule has 2 N–H and O–H groups in total. The van der Waals surface area contributed by atoms with Crippen LogP contribution in [0, 0.1) is 0 Å². The fourth-order valence-corrected chi connectivity index (χ4v) is 2.74. The molecule has 2 saturated heterocycles. The van der Waals surface area contributed by atoms with Crippen molar-refractivity contribution in [3.63, 3.8) is 0 Å². The van der Waals surface area contributed by atoms with Gasteiger partial charge in [0.05, 0.1) is 17.9 Å². The first-order chi connectivity index (χ1) is 9.33. The van der Waals surface area contributed by atoms with Gasteiger partial charge in [0.15, 0.2) is 0 Å². The summed E-state index contributed by atoms with van der Waals surface area (Å²) in [4.78, 5) is 18.6. The van der Waals surface area contributed by atoms with Gasteiger partial charge in [-0.05, 0) is 44.4 Å². The van der Waals surface area contributed by atoms with Crippen LogP contribution in [0.2, 0.25) is 0 Å². The Bertz CT molecular complexity index is 439. The van der Waals surface area contributed by atoms with E-state index in [1.165, 1.54) is 12.8 Å². The Balaban J connectivity index is 0.00000147. The highest BCUT2D eigenvalue weighted by molar-refractivity contribution is 5.94. The average Bonchev–Trinajstić information content (AvgIpc) is 3.13. The largest absolute Gasteiger partial charge is 0.370 e. The van der Waals surface area contributed by atoms with Crippen molar-refractivity contribution in [2.45, 2.75) is 31.7 Å². The molecular weight excluding hydrogens is 276 g/mol. The van der Waals surface area contributed by atoms with Crippen LogP contribution >= 0.6 is 12.4 Å². The Morgan fingerprint density at radius 3 is 2.70 bits per heavy atom. The number of halogens is 1. The lowest BCUT2D eigenvalue weighted by molar-refractivity contribution is -0.117. The normalized spacial score (nSPS) is 21.6. The van der Waals surface area contributed by atoms with E-state index in [2.05, 4.69) is 20.5 Å². The van der Waals surface area contributed by atoms with Crippen LogP contribution in [0.1, 0.15) is 25.7 Å². The topological polar surface area (TPSA) is 57.3 Å². The lowest BCUT2D eigenvalue weighted by atomic mass is 10.2. The van der Waals surface area contributed by atoms with Crippen molar-refractivity contribution >= 4 is 29.8 Å². The van der Waals surface area contributed by atoms with Gasteiger partial charge in [-0.25, -0.2) is 4.98 Å². The summed E-state index contributed by atoms with van der Waals surface area (Å²) >= 11 is 0. The molecule has 0 spiro atoms. The first kappa shape index (κ1) is 15.1. The molecule has 2 aliphatic heterocycles. The molecule has 2 fully saturated rings. The van der Waals surface area contributed by atoms with E-state index in [1.807, 2.05) is 18.3 Å².